The lowest BCUT2D eigenvalue weighted by Crippen LogP contribution is -2.39. The second-order valence-corrected chi connectivity index (χ2v) is 5.18. The number of aromatic carboxylic acids is 1. The van der Waals surface area contributed by atoms with Crippen molar-refractivity contribution in [3.63, 3.8) is 0 Å². The van der Waals surface area contributed by atoms with Gasteiger partial charge in [-0.25, -0.2) is 9.78 Å². The van der Waals surface area contributed by atoms with E-state index in [-0.39, 0.29) is 17.6 Å². The van der Waals surface area contributed by atoms with Gasteiger partial charge in [0.05, 0.1) is 5.56 Å². The Balaban J connectivity index is 2.93. The molecule has 0 aliphatic carbocycles. The highest BCUT2D eigenvalue weighted by atomic mass is 16.4. The second-order valence-electron chi connectivity index (χ2n) is 5.18. The van der Waals surface area contributed by atoms with Gasteiger partial charge >= 0.3 is 5.97 Å². The molecule has 1 aromatic heterocycles. The fourth-order valence-electron chi connectivity index (χ4n) is 1.73. The molecule has 1 N–H and O–H groups in total. The predicted molar refractivity (Wildman–Crippen MR) is 72.2 cm³/mol. The minimum atomic E-state index is -1.10. The van der Waals surface area contributed by atoms with Crippen LogP contribution in [0.25, 0.3) is 0 Å². The summed E-state index contributed by atoms with van der Waals surface area (Å²) in [5.74, 6) is -0.840. The molecule has 0 radical (unpaired) electrons. The minimum Gasteiger partial charge on any atom is -0.477 e. The summed E-state index contributed by atoms with van der Waals surface area (Å²) in [6.45, 7) is 8.68. The van der Waals surface area contributed by atoms with Crippen LogP contribution in [0.15, 0.2) is 18.3 Å². The van der Waals surface area contributed by atoms with Gasteiger partial charge in [0.25, 0.3) is 5.91 Å². The van der Waals surface area contributed by atoms with Crippen LogP contribution in [0.4, 0.5) is 0 Å². The molecule has 0 aliphatic heterocycles. The van der Waals surface area contributed by atoms with Crippen molar-refractivity contribution in [1.82, 2.24) is 9.88 Å². The number of amides is 1. The van der Waals surface area contributed by atoms with Crippen LogP contribution in [0.2, 0.25) is 0 Å². The lowest BCUT2D eigenvalue weighted by molar-refractivity contribution is 0.0670. The van der Waals surface area contributed by atoms with E-state index in [1.165, 1.54) is 18.3 Å². The Kier molecular flexibility index (Phi) is 5.03. The molecular weight excluding hydrogens is 244 g/mol. The van der Waals surface area contributed by atoms with E-state index in [0.29, 0.717) is 18.0 Å². The van der Waals surface area contributed by atoms with Gasteiger partial charge < -0.3 is 10.0 Å². The van der Waals surface area contributed by atoms with Gasteiger partial charge in [-0.2, -0.15) is 0 Å². The maximum atomic E-state index is 12.3. The van der Waals surface area contributed by atoms with Crippen LogP contribution in [0.3, 0.4) is 0 Å². The largest absolute Gasteiger partial charge is 0.477 e. The number of hydrogen-bond acceptors (Lipinski definition) is 3. The first-order valence-electron chi connectivity index (χ1n) is 6.33. The van der Waals surface area contributed by atoms with E-state index < -0.39 is 5.97 Å². The average Bonchev–Trinajstić information content (AvgIpc) is 2.34. The Morgan fingerprint density at radius 2 is 1.89 bits per heavy atom. The Bertz CT molecular complexity index is 452. The highest BCUT2D eigenvalue weighted by Crippen LogP contribution is 2.11. The lowest BCUT2D eigenvalue weighted by atomic mass is 10.1. The third kappa shape index (κ3) is 4.05. The van der Waals surface area contributed by atoms with E-state index >= 15 is 0 Å². The van der Waals surface area contributed by atoms with Crippen LogP contribution in [-0.2, 0) is 0 Å². The Hall–Kier alpha value is -1.91. The molecule has 0 fully saturated rings. The maximum absolute atomic E-state index is 12.3. The molecule has 0 aromatic carbocycles. The number of carbonyl (C=O) groups excluding carboxylic acids is 1. The first kappa shape index (κ1) is 15.1. The van der Waals surface area contributed by atoms with Gasteiger partial charge in [-0.05, 0) is 31.9 Å². The SMILES string of the molecule is CC(C)CN(C(=O)c1ccc(C(=O)O)nc1)C(C)C. The number of pyridine rings is 1. The molecule has 0 unspecified atom stereocenters. The van der Waals surface area contributed by atoms with Gasteiger partial charge in [-0.1, -0.05) is 13.8 Å². The summed E-state index contributed by atoms with van der Waals surface area (Å²) in [5.41, 5.74) is 0.357. The first-order valence-corrected chi connectivity index (χ1v) is 6.33. The highest BCUT2D eigenvalue weighted by molar-refractivity contribution is 5.95. The van der Waals surface area contributed by atoms with Crippen LogP contribution in [0.5, 0.6) is 0 Å². The number of nitrogens with zero attached hydrogens (tertiary/aromatic N) is 2. The topological polar surface area (TPSA) is 70.5 Å². The highest BCUT2D eigenvalue weighted by Gasteiger charge is 2.20. The molecule has 1 rings (SSSR count). The zero-order valence-electron chi connectivity index (χ0n) is 11.8. The van der Waals surface area contributed by atoms with E-state index in [0.717, 1.165) is 0 Å². The van der Waals surface area contributed by atoms with Gasteiger partial charge in [0.1, 0.15) is 5.69 Å². The van der Waals surface area contributed by atoms with E-state index in [9.17, 15) is 9.59 Å². The zero-order chi connectivity index (χ0) is 14.6. The molecule has 5 heteroatoms. The molecule has 5 nitrogen and oxygen atoms in total. The van der Waals surface area contributed by atoms with Crippen molar-refractivity contribution in [1.29, 1.82) is 0 Å². The maximum Gasteiger partial charge on any atom is 0.354 e. The number of carboxylic acids is 1. The van der Waals surface area contributed by atoms with E-state index in [1.807, 2.05) is 13.8 Å². The molecule has 0 saturated heterocycles. The van der Waals surface area contributed by atoms with Crippen molar-refractivity contribution < 1.29 is 14.7 Å². The van der Waals surface area contributed by atoms with Crippen molar-refractivity contribution in [2.45, 2.75) is 33.7 Å². The summed E-state index contributed by atoms with van der Waals surface area (Å²) in [7, 11) is 0. The zero-order valence-corrected chi connectivity index (χ0v) is 11.8. The van der Waals surface area contributed by atoms with Gasteiger partial charge in [0.15, 0.2) is 0 Å². The van der Waals surface area contributed by atoms with Crippen molar-refractivity contribution in [2.75, 3.05) is 6.54 Å². The number of rotatable bonds is 5. The summed E-state index contributed by atoms with van der Waals surface area (Å²) in [6, 6.07) is 2.95. The van der Waals surface area contributed by atoms with Gasteiger partial charge in [0.2, 0.25) is 0 Å². The smallest absolute Gasteiger partial charge is 0.354 e. The molecule has 0 aliphatic rings. The van der Waals surface area contributed by atoms with Crippen LogP contribution in [-0.4, -0.2) is 39.5 Å². The second kappa shape index (κ2) is 6.31. The molecular formula is C14H20N2O3. The van der Waals surface area contributed by atoms with Crippen LogP contribution < -0.4 is 0 Å². The third-order valence-corrected chi connectivity index (χ3v) is 2.68. The Labute approximate surface area is 113 Å². The summed E-state index contributed by atoms with van der Waals surface area (Å²) >= 11 is 0. The molecule has 0 saturated carbocycles. The fraction of sp³-hybridized carbons (Fsp3) is 0.500. The quantitative estimate of drug-likeness (QED) is 0.885. The summed E-state index contributed by atoms with van der Waals surface area (Å²) < 4.78 is 0. The number of aromatic nitrogens is 1. The Morgan fingerprint density at radius 1 is 1.26 bits per heavy atom. The first-order chi connectivity index (χ1) is 8.82. The molecule has 0 atom stereocenters. The molecule has 1 amide bonds. The summed E-state index contributed by atoms with van der Waals surface area (Å²) in [4.78, 5) is 28.6. The Morgan fingerprint density at radius 3 is 2.26 bits per heavy atom. The predicted octanol–water partition coefficient (Wildman–Crippen LogP) is 2.29. The number of carboxylic acid groups (broad SMARTS) is 1. The molecule has 19 heavy (non-hydrogen) atoms. The number of hydrogen-bond donors (Lipinski definition) is 1. The normalized spacial score (nSPS) is 10.8. The van der Waals surface area contributed by atoms with Crippen molar-refractivity contribution in [3.8, 4) is 0 Å². The van der Waals surface area contributed by atoms with E-state index in [4.69, 9.17) is 5.11 Å². The third-order valence-electron chi connectivity index (χ3n) is 2.68. The summed E-state index contributed by atoms with van der Waals surface area (Å²) in [6.07, 6.45) is 1.32. The van der Waals surface area contributed by atoms with Gasteiger partial charge in [0, 0.05) is 18.8 Å². The molecule has 1 aromatic rings. The molecule has 1 heterocycles. The van der Waals surface area contributed by atoms with Crippen LogP contribution in [0.1, 0.15) is 48.5 Å². The van der Waals surface area contributed by atoms with Crippen LogP contribution >= 0.6 is 0 Å². The molecule has 0 bridgehead atoms. The van der Waals surface area contributed by atoms with Crippen molar-refractivity contribution in [3.05, 3.63) is 29.6 Å². The molecule has 0 spiro atoms. The lowest BCUT2D eigenvalue weighted by Gasteiger charge is -2.28. The summed E-state index contributed by atoms with van der Waals surface area (Å²) in [5, 5.41) is 8.77. The van der Waals surface area contributed by atoms with E-state index in [2.05, 4.69) is 18.8 Å². The van der Waals surface area contributed by atoms with E-state index in [1.54, 1.807) is 4.90 Å². The monoisotopic (exact) mass is 264 g/mol. The average molecular weight is 264 g/mol. The minimum absolute atomic E-state index is 0.0588. The van der Waals surface area contributed by atoms with Crippen molar-refractivity contribution >= 4 is 11.9 Å². The van der Waals surface area contributed by atoms with Crippen molar-refractivity contribution in [2.24, 2.45) is 5.92 Å². The van der Waals surface area contributed by atoms with Gasteiger partial charge in [-0.3, -0.25) is 4.79 Å². The standard InChI is InChI=1S/C14H20N2O3/c1-9(2)8-16(10(3)4)13(17)11-5-6-12(14(18)19)15-7-11/h5-7,9-10H,8H2,1-4H3,(H,18,19). The van der Waals surface area contributed by atoms with Crippen LogP contribution in [0, 0.1) is 5.92 Å². The molecule has 104 valence electrons. The fourth-order valence-corrected chi connectivity index (χ4v) is 1.73. The van der Waals surface area contributed by atoms with Gasteiger partial charge in [-0.15, -0.1) is 0 Å². The number of carbonyl (C=O) groups is 2.